The van der Waals surface area contributed by atoms with E-state index in [1.54, 1.807) is 6.92 Å². The third kappa shape index (κ3) is 18.5. The van der Waals surface area contributed by atoms with Crippen LogP contribution >= 0.6 is 0 Å². The molecule has 6 aliphatic rings. The van der Waals surface area contributed by atoms with Gasteiger partial charge in [-0.3, -0.25) is 0 Å². The maximum atomic E-state index is 13.1. The number of unbranched alkanes of at least 4 members (excludes halogenated alkanes) is 2. The summed E-state index contributed by atoms with van der Waals surface area (Å²) in [6, 6.07) is -5.99. The first kappa shape index (κ1) is 73.1. The fourth-order valence-electron chi connectivity index (χ4n) is 12.4. The van der Waals surface area contributed by atoms with Crippen LogP contribution in [0.15, 0.2) is 6.07 Å². The van der Waals surface area contributed by atoms with E-state index < -0.39 is 183 Å². The Morgan fingerprint density at radius 3 is 1.12 bits per heavy atom. The van der Waals surface area contributed by atoms with Crippen molar-refractivity contribution in [3.8, 4) is 0 Å². The summed E-state index contributed by atoms with van der Waals surface area (Å²) in [5.74, 6) is 0. The molecule has 34 N–H and O–H groups in total. The summed E-state index contributed by atoms with van der Waals surface area (Å²) in [4.78, 5) is 26.3. The Balaban J connectivity index is 0.778. The van der Waals surface area contributed by atoms with Gasteiger partial charge in [-0.25, -0.2) is 9.59 Å². The van der Waals surface area contributed by atoms with Crippen molar-refractivity contribution in [1.82, 2.24) is 21.3 Å². The molecule has 2 aliphatic carbocycles. The smallest absolute Gasteiger partial charge is 0.319 e. The summed E-state index contributed by atoms with van der Waals surface area (Å²) in [6.07, 6.45) is -19.8. The Hall–Kier alpha value is -3.36. The van der Waals surface area contributed by atoms with E-state index in [1.807, 2.05) is 19.9 Å². The first-order valence-corrected chi connectivity index (χ1v) is 31.0. The lowest BCUT2D eigenvalue weighted by Gasteiger charge is -2.48. The summed E-state index contributed by atoms with van der Waals surface area (Å²) >= 11 is 0. The van der Waals surface area contributed by atoms with Crippen molar-refractivity contribution in [1.29, 1.82) is 0 Å². The predicted octanol–water partition coefficient (Wildman–Crippen LogP) is -8.95. The van der Waals surface area contributed by atoms with Crippen LogP contribution in [-0.2, 0) is 37.9 Å². The first-order valence-electron chi connectivity index (χ1n) is 31.0. The average molecular weight is 1280 g/mol. The van der Waals surface area contributed by atoms with E-state index in [9.17, 15) is 50.4 Å². The minimum absolute atomic E-state index is 0.0149. The topological polar surface area (TPSA) is 602 Å². The molecule has 4 saturated heterocycles. The summed E-state index contributed by atoms with van der Waals surface area (Å²) in [6.45, 7) is 7.31. The van der Waals surface area contributed by atoms with Gasteiger partial charge in [-0.2, -0.15) is 0 Å². The van der Waals surface area contributed by atoms with E-state index in [4.69, 9.17) is 95.2 Å². The average Bonchev–Trinajstić information content (AvgIpc) is 2.28. The number of aryl methyl sites for hydroxylation is 2. The lowest BCUT2D eigenvalue weighted by molar-refractivity contribution is -0.311. The molecule has 6 fully saturated rings. The van der Waals surface area contributed by atoms with E-state index in [2.05, 4.69) is 31.9 Å². The van der Waals surface area contributed by atoms with Gasteiger partial charge in [0.2, 0.25) is 0 Å². The van der Waals surface area contributed by atoms with Gasteiger partial charge in [-0.05, 0) is 102 Å². The number of amides is 4. The molecule has 28 atom stereocenters. The number of nitrogens with two attached hydrogens (primary N) is 10. The molecule has 512 valence electrons. The first-order chi connectivity index (χ1) is 42.2. The third-order valence-corrected chi connectivity index (χ3v) is 17.7. The fraction of sp³-hybridized carbons (Fsp3) is 0.855. The molecule has 7 rings (SSSR count). The molecule has 0 radical (unpaired) electrons. The number of hydrogen-bond donors (Lipinski definition) is 24. The number of nitrogens with one attached hydrogen (secondary N) is 6. The number of anilines is 2. The SMILES string of the molecule is Cc1cc(C)c(NC(=O)NCCCCNCC2OC(OC3C(N)CC(N)C(OC4OC(CN)C(O)CC4N)C3O)C(O)C(N)C2O)c(C)c1NC(=O)NCCCCNCC1OC(OC2C(N)CC(N)C(OC3OC(CN)C(O)CC3N)C2O)C(O)C(N)C1O. The Morgan fingerprint density at radius 2 is 0.775 bits per heavy atom. The van der Waals surface area contributed by atoms with Gasteiger partial charge in [-0.15, -0.1) is 0 Å². The van der Waals surface area contributed by atoms with Gasteiger partial charge in [0.15, 0.2) is 25.2 Å². The molecule has 28 unspecified atom stereocenters. The number of hydrogen-bond acceptors (Lipinski definition) is 30. The van der Waals surface area contributed by atoms with Crippen molar-refractivity contribution < 1.29 is 88.3 Å². The largest absolute Gasteiger partial charge is 0.390 e. The molecule has 2 saturated carbocycles. The van der Waals surface area contributed by atoms with Crippen molar-refractivity contribution in [2.24, 2.45) is 57.3 Å². The molecular formula is C55H104N16O18. The van der Waals surface area contributed by atoms with Crippen molar-refractivity contribution in [3.63, 3.8) is 0 Å². The predicted molar refractivity (Wildman–Crippen MR) is 321 cm³/mol. The van der Waals surface area contributed by atoms with Crippen LogP contribution < -0.4 is 89.2 Å². The zero-order valence-electron chi connectivity index (χ0n) is 51.0. The molecule has 89 heavy (non-hydrogen) atoms. The normalized spacial score (nSPS) is 41.2. The standard InChI is InChI=1S/C55H104N16O18/c1-21-12-22(2)39(71-55(81)69-11-7-5-9-67-20-35-41(75)37(65)43(77)53(85-35)89-49-27(61)14-25(59)47(45(49)79)87-51-29(63)16-31(73)33(18-57)83-51)23(3)38(21)70-54(80)68-10-6-4-8-66-19-34-40(74)36(64)42(76)52(84-34)88-48-26(60)13-24(58)46(44(48)78)86-50-28(62)15-30(72)32(17-56)82-50/h12,24-37,40-53,66-67,72-79H,4-11,13-20,56-65H2,1-3H3,(H2,68,70,80)(H2,69,71,81). The van der Waals surface area contributed by atoms with Gasteiger partial charge in [0.05, 0.1) is 72.2 Å². The highest BCUT2D eigenvalue weighted by molar-refractivity contribution is 5.96. The Morgan fingerprint density at radius 1 is 0.449 bits per heavy atom. The minimum Gasteiger partial charge on any atom is -0.390 e. The van der Waals surface area contributed by atoms with Crippen LogP contribution in [0.5, 0.6) is 0 Å². The molecule has 0 spiro atoms. The van der Waals surface area contributed by atoms with Crippen LogP contribution in [-0.4, -0.2) is 276 Å². The highest BCUT2D eigenvalue weighted by Gasteiger charge is 2.53. The summed E-state index contributed by atoms with van der Waals surface area (Å²) < 4.78 is 47.8. The molecular weight excluding hydrogens is 1170 g/mol. The van der Waals surface area contributed by atoms with Gasteiger partial charge >= 0.3 is 12.1 Å². The van der Waals surface area contributed by atoms with Gasteiger partial charge in [0.1, 0.15) is 61.0 Å². The van der Waals surface area contributed by atoms with E-state index in [0.717, 1.165) is 11.1 Å². The van der Waals surface area contributed by atoms with E-state index in [-0.39, 0.29) is 51.9 Å². The van der Waals surface area contributed by atoms with E-state index in [1.165, 1.54) is 0 Å². The monoisotopic (exact) mass is 1280 g/mol. The molecule has 34 nitrogen and oxygen atoms in total. The summed E-state index contributed by atoms with van der Waals surface area (Å²) in [7, 11) is 0. The third-order valence-electron chi connectivity index (χ3n) is 17.7. The van der Waals surface area contributed by atoms with Crippen molar-refractivity contribution in [2.45, 2.75) is 243 Å². The highest BCUT2D eigenvalue weighted by Crippen LogP contribution is 2.35. The molecule has 4 aliphatic heterocycles. The number of carbonyl (C=O) groups excluding carboxylic acids is 2. The molecule has 4 heterocycles. The number of rotatable bonds is 26. The Bertz CT molecular complexity index is 2220. The second kappa shape index (κ2) is 33.7. The van der Waals surface area contributed by atoms with Crippen molar-refractivity contribution in [2.75, 3.05) is 63.0 Å². The van der Waals surface area contributed by atoms with E-state index >= 15 is 0 Å². The summed E-state index contributed by atoms with van der Waals surface area (Å²) in [5, 5.41) is 105. The van der Waals surface area contributed by atoms with Gasteiger partial charge in [0, 0.05) is 63.4 Å². The Labute approximate surface area is 518 Å². The second-order valence-electron chi connectivity index (χ2n) is 24.7. The zero-order valence-corrected chi connectivity index (χ0v) is 51.0. The van der Waals surface area contributed by atoms with Gasteiger partial charge in [-0.1, -0.05) is 6.07 Å². The van der Waals surface area contributed by atoms with Crippen LogP contribution in [0.25, 0.3) is 0 Å². The summed E-state index contributed by atoms with van der Waals surface area (Å²) in [5.41, 5.74) is 65.1. The molecule has 0 bridgehead atoms. The number of carbonyl (C=O) groups is 2. The van der Waals surface area contributed by atoms with Crippen LogP contribution in [0.4, 0.5) is 21.0 Å². The quantitative estimate of drug-likeness (QED) is 0.0383. The second-order valence-corrected chi connectivity index (χ2v) is 24.7. The Kier molecular flexibility index (Phi) is 27.6. The van der Waals surface area contributed by atoms with Crippen molar-refractivity contribution >= 4 is 23.4 Å². The number of ether oxygens (including phenoxy) is 8. The van der Waals surface area contributed by atoms with Crippen LogP contribution in [0.1, 0.15) is 68.1 Å². The maximum Gasteiger partial charge on any atom is 0.319 e. The number of aliphatic hydroxyl groups is 8. The van der Waals surface area contributed by atoms with Crippen LogP contribution in [0, 0.1) is 20.8 Å². The van der Waals surface area contributed by atoms with E-state index in [0.29, 0.717) is 68.8 Å². The fourth-order valence-corrected chi connectivity index (χ4v) is 12.4. The zero-order chi connectivity index (χ0) is 65.1. The molecule has 34 heteroatoms. The van der Waals surface area contributed by atoms with Crippen LogP contribution in [0.3, 0.4) is 0 Å². The maximum absolute atomic E-state index is 13.1. The highest BCUT2D eigenvalue weighted by atomic mass is 16.7. The van der Waals surface area contributed by atoms with Crippen molar-refractivity contribution in [3.05, 3.63) is 22.8 Å². The van der Waals surface area contributed by atoms with Crippen LogP contribution in [0.2, 0.25) is 0 Å². The molecule has 1 aromatic rings. The van der Waals surface area contributed by atoms with Gasteiger partial charge in [0.25, 0.3) is 0 Å². The lowest BCUT2D eigenvalue weighted by Crippen LogP contribution is -2.68. The molecule has 4 amide bonds. The molecule has 0 aromatic heterocycles. The molecule has 1 aromatic carbocycles. The number of aliphatic hydroxyl groups excluding tert-OH is 8. The lowest BCUT2D eigenvalue weighted by atomic mass is 9.84. The van der Waals surface area contributed by atoms with Gasteiger partial charge < -0.3 is 168 Å². The number of benzene rings is 1. The number of urea groups is 2. The minimum atomic E-state index is -1.49.